The Balaban J connectivity index is 1.28. The van der Waals surface area contributed by atoms with Gasteiger partial charge in [0.15, 0.2) is 24.6 Å². The normalized spacial score (nSPS) is 11.1. The quantitative estimate of drug-likeness (QED) is 0.166. The SMILES string of the molecule is N#Cc1ccc(-c2nc(-c3ccc(F)cc3)nc(-c3ccc(-c4cccc(P(=O)(c5ccccc5)c5ccccc5)c4)cc3)n2)cc1. The molecule has 1 aromatic heterocycles. The summed E-state index contributed by atoms with van der Waals surface area (Å²) < 4.78 is 28.6. The Hall–Kier alpha value is -6.02. The molecule has 47 heavy (non-hydrogen) atoms. The molecule has 0 radical (unpaired) electrons. The first-order valence-corrected chi connectivity index (χ1v) is 16.7. The summed E-state index contributed by atoms with van der Waals surface area (Å²) in [6.45, 7) is 0. The van der Waals surface area contributed by atoms with Crippen LogP contribution in [0, 0.1) is 17.1 Å². The van der Waals surface area contributed by atoms with Crippen LogP contribution in [0.4, 0.5) is 4.39 Å². The molecule has 0 saturated carbocycles. The number of hydrogen-bond donors (Lipinski definition) is 0. The lowest BCUT2D eigenvalue weighted by Crippen LogP contribution is -2.25. The molecule has 0 amide bonds. The fourth-order valence-electron chi connectivity index (χ4n) is 5.47. The van der Waals surface area contributed by atoms with Crippen molar-refractivity contribution < 1.29 is 8.96 Å². The topological polar surface area (TPSA) is 79.5 Å². The first-order valence-electron chi connectivity index (χ1n) is 15.0. The molecule has 5 nitrogen and oxygen atoms in total. The van der Waals surface area contributed by atoms with Gasteiger partial charge in [-0.15, -0.1) is 0 Å². The van der Waals surface area contributed by atoms with E-state index in [-0.39, 0.29) is 5.82 Å². The monoisotopic (exact) mass is 628 g/mol. The highest BCUT2D eigenvalue weighted by molar-refractivity contribution is 7.85. The number of aromatic nitrogens is 3. The lowest BCUT2D eigenvalue weighted by molar-refractivity contribution is 0.592. The van der Waals surface area contributed by atoms with Gasteiger partial charge >= 0.3 is 0 Å². The molecule has 0 saturated heterocycles. The van der Waals surface area contributed by atoms with Gasteiger partial charge in [0.1, 0.15) is 5.82 Å². The van der Waals surface area contributed by atoms with Gasteiger partial charge in [-0.1, -0.05) is 103 Å². The van der Waals surface area contributed by atoms with E-state index in [1.807, 2.05) is 109 Å². The molecule has 224 valence electrons. The minimum absolute atomic E-state index is 0.348. The predicted molar refractivity (Wildman–Crippen MR) is 186 cm³/mol. The van der Waals surface area contributed by atoms with Crippen LogP contribution in [0.1, 0.15) is 5.56 Å². The number of nitriles is 1. The summed E-state index contributed by atoms with van der Waals surface area (Å²) in [6, 6.07) is 50.2. The Morgan fingerprint density at radius 1 is 0.468 bits per heavy atom. The maximum absolute atomic E-state index is 14.9. The fraction of sp³-hybridized carbons (Fsp3) is 0. The lowest BCUT2D eigenvalue weighted by Gasteiger charge is -2.20. The van der Waals surface area contributed by atoms with Gasteiger partial charge in [0, 0.05) is 32.6 Å². The van der Waals surface area contributed by atoms with Crippen LogP contribution in [0.25, 0.3) is 45.3 Å². The summed E-state index contributed by atoms with van der Waals surface area (Å²) in [6.07, 6.45) is 0. The highest BCUT2D eigenvalue weighted by atomic mass is 31.2. The van der Waals surface area contributed by atoms with Crippen molar-refractivity contribution in [2.24, 2.45) is 0 Å². The van der Waals surface area contributed by atoms with Crippen molar-refractivity contribution in [3.05, 3.63) is 169 Å². The molecule has 0 fully saturated rings. The average molecular weight is 629 g/mol. The van der Waals surface area contributed by atoms with E-state index in [1.165, 1.54) is 12.1 Å². The Bertz CT molecular complexity index is 2230. The highest BCUT2D eigenvalue weighted by Gasteiger charge is 2.29. The predicted octanol–water partition coefficient (Wildman–Crippen LogP) is 8.19. The zero-order chi connectivity index (χ0) is 32.2. The Morgan fingerprint density at radius 2 is 0.894 bits per heavy atom. The van der Waals surface area contributed by atoms with Crippen molar-refractivity contribution in [2.45, 2.75) is 0 Å². The van der Waals surface area contributed by atoms with Crippen LogP contribution in [-0.2, 0) is 4.57 Å². The van der Waals surface area contributed by atoms with Crippen molar-refractivity contribution in [1.82, 2.24) is 15.0 Å². The first-order chi connectivity index (χ1) is 23.0. The molecule has 7 heteroatoms. The molecule has 0 atom stereocenters. The summed E-state index contributed by atoms with van der Waals surface area (Å²) in [7, 11) is -3.13. The standard InChI is InChI=1S/C40H26FN4OP/c41-34-24-22-32(23-25-34)40-44-38(30-16-14-28(27-42)15-17-30)43-39(45-40)31-20-18-29(19-21-31)33-8-7-13-37(26-33)47(46,35-9-3-1-4-10-35)36-11-5-2-6-12-36/h1-26H. The van der Waals surface area contributed by atoms with E-state index in [4.69, 9.17) is 9.97 Å². The molecule has 0 unspecified atom stereocenters. The van der Waals surface area contributed by atoms with Crippen molar-refractivity contribution in [2.75, 3.05) is 0 Å². The van der Waals surface area contributed by atoms with Crippen LogP contribution >= 0.6 is 7.14 Å². The second-order valence-electron chi connectivity index (χ2n) is 10.9. The van der Waals surface area contributed by atoms with Gasteiger partial charge in [0.25, 0.3) is 0 Å². The Morgan fingerprint density at radius 3 is 1.38 bits per heavy atom. The lowest BCUT2D eigenvalue weighted by atomic mass is 10.0. The number of rotatable bonds is 7. The molecule has 0 aliphatic carbocycles. The molecule has 6 aromatic carbocycles. The van der Waals surface area contributed by atoms with Gasteiger partial charge in [-0.3, -0.25) is 0 Å². The van der Waals surface area contributed by atoms with Gasteiger partial charge in [-0.05, 0) is 65.7 Å². The minimum Gasteiger partial charge on any atom is -0.309 e. The van der Waals surface area contributed by atoms with E-state index in [0.717, 1.165) is 38.2 Å². The molecule has 7 rings (SSSR count). The molecule has 0 N–H and O–H groups in total. The van der Waals surface area contributed by atoms with Gasteiger partial charge in [-0.2, -0.15) is 5.26 Å². The van der Waals surface area contributed by atoms with Crippen LogP contribution in [0.2, 0.25) is 0 Å². The van der Waals surface area contributed by atoms with E-state index >= 15 is 0 Å². The van der Waals surface area contributed by atoms with Crippen LogP contribution in [-0.4, -0.2) is 15.0 Å². The summed E-state index contributed by atoms with van der Waals surface area (Å²) in [5, 5.41) is 11.6. The van der Waals surface area contributed by atoms with Crippen molar-refractivity contribution in [3.63, 3.8) is 0 Å². The second-order valence-corrected chi connectivity index (χ2v) is 13.7. The maximum Gasteiger partial charge on any atom is 0.171 e. The third-order valence-electron chi connectivity index (χ3n) is 7.94. The third kappa shape index (κ3) is 6.01. The van der Waals surface area contributed by atoms with Gasteiger partial charge in [0.05, 0.1) is 11.6 Å². The molecule has 0 spiro atoms. The summed E-state index contributed by atoms with van der Waals surface area (Å²) in [4.78, 5) is 14.2. The fourth-order valence-corrected chi connectivity index (χ4v) is 8.17. The first kappa shape index (κ1) is 29.7. The van der Waals surface area contributed by atoms with E-state index in [9.17, 15) is 14.2 Å². The van der Waals surface area contributed by atoms with Crippen molar-refractivity contribution >= 4 is 23.1 Å². The van der Waals surface area contributed by atoms with E-state index < -0.39 is 7.14 Å². The molecular formula is C40H26FN4OP. The highest BCUT2D eigenvalue weighted by Crippen LogP contribution is 2.43. The molecule has 0 aliphatic rings. The van der Waals surface area contributed by atoms with E-state index in [2.05, 4.69) is 11.1 Å². The van der Waals surface area contributed by atoms with Gasteiger partial charge < -0.3 is 4.57 Å². The maximum atomic E-state index is 14.9. The molecule has 7 aromatic rings. The smallest absolute Gasteiger partial charge is 0.171 e. The average Bonchev–Trinajstić information content (AvgIpc) is 3.15. The largest absolute Gasteiger partial charge is 0.309 e. The molecule has 1 heterocycles. The molecule has 0 aliphatic heterocycles. The number of nitrogens with zero attached hydrogens (tertiary/aromatic N) is 4. The van der Waals surface area contributed by atoms with Crippen LogP contribution < -0.4 is 15.9 Å². The Labute approximate surface area is 272 Å². The zero-order valence-corrected chi connectivity index (χ0v) is 25.9. The third-order valence-corrected chi connectivity index (χ3v) is 11.0. The van der Waals surface area contributed by atoms with Crippen LogP contribution in [0.5, 0.6) is 0 Å². The minimum atomic E-state index is -3.13. The molecular weight excluding hydrogens is 602 g/mol. The van der Waals surface area contributed by atoms with Crippen LogP contribution in [0.3, 0.4) is 0 Å². The van der Waals surface area contributed by atoms with Crippen molar-refractivity contribution in [1.29, 1.82) is 5.26 Å². The molecule has 0 bridgehead atoms. The van der Waals surface area contributed by atoms with E-state index in [0.29, 0.717) is 28.6 Å². The van der Waals surface area contributed by atoms with Gasteiger partial charge in [0.2, 0.25) is 0 Å². The second kappa shape index (κ2) is 12.8. The van der Waals surface area contributed by atoms with E-state index in [1.54, 1.807) is 36.4 Å². The Kier molecular flexibility index (Phi) is 8.06. The number of benzene rings is 6. The summed E-state index contributed by atoms with van der Waals surface area (Å²) in [5.41, 5.74) is 4.56. The van der Waals surface area contributed by atoms with Crippen LogP contribution in [0.15, 0.2) is 158 Å². The number of hydrogen-bond acceptors (Lipinski definition) is 5. The zero-order valence-electron chi connectivity index (χ0n) is 25.0. The number of halogens is 1. The summed E-state index contributed by atoms with van der Waals surface area (Å²) >= 11 is 0. The van der Waals surface area contributed by atoms with Gasteiger partial charge in [-0.25, -0.2) is 19.3 Å². The van der Waals surface area contributed by atoms with Crippen molar-refractivity contribution in [3.8, 4) is 51.4 Å². The summed E-state index contributed by atoms with van der Waals surface area (Å²) in [5.74, 6) is 0.951.